The largest absolute Gasteiger partial charge is 0.242 e. The van der Waals surface area contributed by atoms with Crippen LogP contribution in [0.2, 0.25) is 0 Å². The van der Waals surface area contributed by atoms with Crippen molar-refractivity contribution in [3.8, 4) is 0 Å². The van der Waals surface area contributed by atoms with Crippen LogP contribution in [0.1, 0.15) is 103 Å². The Bertz CT molecular complexity index is 292. The fourth-order valence-electron chi connectivity index (χ4n) is 3.46. The molecule has 1 heteroatoms. The van der Waals surface area contributed by atoms with Crippen LogP contribution in [0.3, 0.4) is 0 Å². The zero-order chi connectivity index (χ0) is 16.8. The molecule has 0 aromatic heterocycles. The molecule has 0 saturated carbocycles. The molecule has 0 amide bonds. The van der Waals surface area contributed by atoms with E-state index in [9.17, 15) is 0 Å². The highest BCUT2D eigenvalue weighted by Crippen LogP contribution is 2.63. The summed E-state index contributed by atoms with van der Waals surface area (Å²) >= 11 is 0. The maximum absolute atomic E-state index is 2.51. The van der Waals surface area contributed by atoms with Crippen LogP contribution in [0, 0.1) is 0 Å². The molecule has 1 fully saturated rings. The second-order valence-corrected chi connectivity index (χ2v) is 12.4. The fourth-order valence-corrected chi connectivity index (χ4v) is 6.13. The number of allylic oxidation sites excluding steroid dienone is 2. The molecule has 0 radical (unpaired) electrons. The van der Waals surface area contributed by atoms with Crippen LogP contribution in [0.25, 0.3) is 0 Å². The molecule has 0 spiro atoms. The molecule has 0 aromatic carbocycles. The van der Waals surface area contributed by atoms with Crippen LogP contribution < -0.4 is 0 Å². The first-order valence-corrected chi connectivity index (χ1v) is 13.2. The van der Waals surface area contributed by atoms with Gasteiger partial charge in [-0.2, -0.15) is 0 Å². The average molecular weight is 341 g/mol. The van der Waals surface area contributed by atoms with Crippen molar-refractivity contribution in [2.45, 2.75) is 108 Å². The molecule has 1 saturated heterocycles. The summed E-state index contributed by atoms with van der Waals surface area (Å²) in [7, 11) is -0.0858. The van der Waals surface area contributed by atoms with E-state index in [1.54, 1.807) is 5.75 Å². The summed E-state index contributed by atoms with van der Waals surface area (Å²) < 4.78 is 0. The molecule has 138 valence electrons. The van der Waals surface area contributed by atoms with E-state index in [2.05, 4.69) is 31.6 Å². The molecule has 1 unspecified atom stereocenters. The number of unbranched alkanes of at least 4 members (excludes halogenated alkanes) is 12. The van der Waals surface area contributed by atoms with Crippen molar-refractivity contribution in [1.29, 1.82) is 0 Å². The van der Waals surface area contributed by atoms with E-state index in [1.165, 1.54) is 96.3 Å². The smallest absolute Gasteiger partial charge is 0.00401 e. The van der Waals surface area contributed by atoms with E-state index in [1.807, 2.05) is 0 Å². The Labute approximate surface area is 149 Å². The molecule has 1 rings (SSSR count). The van der Waals surface area contributed by atoms with E-state index in [0.717, 1.165) is 5.25 Å². The van der Waals surface area contributed by atoms with Gasteiger partial charge in [-0.05, 0) is 55.6 Å². The van der Waals surface area contributed by atoms with E-state index >= 15 is 0 Å². The lowest BCUT2D eigenvalue weighted by Gasteiger charge is -2.07. The monoisotopic (exact) mass is 340 g/mol. The Morgan fingerprint density at radius 1 is 0.696 bits per heavy atom. The van der Waals surface area contributed by atoms with Gasteiger partial charge in [-0.3, -0.25) is 0 Å². The van der Waals surface area contributed by atoms with Crippen molar-refractivity contribution in [2.24, 2.45) is 0 Å². The Morgan fingerprint density at radius 2 is 1.13 bits per heavy atom. The molecular formula is C22H44S. The van der Waals surface area contributed by atoms with Gasteiger partial charge in [0.1, 0.15) is 0 Å². The Balaban J connectivity index is 1.70. The molecule has 1 aliphatic rings. The highest BCUT2D eigenvalue weighted by molar-refractivity contribution is 8.39. The summed E-state index contributed by atoms with van der Waals surface area (Å²) in [5.41, 5.74) is 0. The van der Waals surface area contributed by atoms with Gasteiger partial charge >= 0.3 is 0 Å². The molecule has 1 heterocycles. The van der Waals surface area contributed by atoms with Crippen molar-refractivity contribution in [1.82, 2.24) is 0 Å². The SMILES string of the molecule is CCCCCCCC/C=C\CCCCCCCCC1CS1(C)C. The van der Waals surface area contributed by atoms with Gasteiger partial charge in [-0.15, -0.1) is 0 Å². The zero-order valence-electron chi connectivity index (χ0n) is 16.5. The van der Waals surface area contributed by atoms with Crippen LogP contribution in [0.5, 0.6) is 0 Å². The first kappa shape index (κ1) is 21.1. The van der Waals surface area contributed by atoms with E-state index < -0.39 is 0 Å². The summed E-state index contributed by atoms with van der Waals surface area (Å²) in [5.74, 6) is 1.57. The Kier molecular flexibility index (Phi) is 12.3. The molecule has 23 heavy (non-hydrogen) atoms. The minimum Gasteiger partial charge on any atom is -0.242 e. The third-order valence-electron chi connectivity index (χ3n) is 5.44. The highest BCUT2D eigenvalue weighted by atomic mass is 32.3. The molecule has 0 nitrogen and oxygen atoms in total. The number of hydrogen-bond acceptors (Lipinski definition) is 0. The summed E-state index contributed by atoms with van der Waals surface area (Å²) in [6.45, 7) is 2.29. The maximum Gasteiger partial charge on any atom is -0.00401 e. The molecule has 0 N–H and O–H groups in total. The second kappa shape index (κ2) is 13.4. The van der Waals surface area contributed by atoms with Crippen LogP contribution >= 0.6 is 10.0 Å². The first-order chi connectivity index (χ1) is 11.2. The summed E-state index contributed by atoms with van der Waals surface area (Å²) in [6.07, 6.45) is 31.3. The van der Waals surface area contributed by atoms with Gasteiger partial charge in [0, 0.05) is 0 Å². The minimum atomic E-state index is -0.0858. The van der Waals surface area contributed by atoms with Gasteiger partial charge in [0.15, 0.2) is 0 Å². The minimum absolute atomic E-state index is 0.0858. The lowest BCUT2D eigenvalue weighted by atomic mass is 10.1. The first-order valence-electron chi connectivity index (χ1n) is 10.5. The van der Waals surface area contributed by atoms with Gasteiger partial charge in [-0.25, -0.2) is 10.0 Å². The lowest BCUT2D eigenvalue weighted by Crippen LogP contribution is -1.88. The number of hydrogen-bond donors (Lipinski definition) is 0. The normalized spacial score (nSPS) is 20.9. The van der Waals surface area contributed by atoms with Gasteiger partial charge in [0.25, 0.3) is 0 Å². The van der Waals surface area contributed by atoms with Gasteiger partial charge < -0.3 is 0 Å². The Morgan fingerprint density at radius 3 is 1.61 bits per heavy atom. The summed E-state index contributed by atoms with van der Waals surface area (Å²) in [5, 5.41) is 1.14. The molecule has 0 bridgehead atoms. The van der Waals surface area contributed by atoms with Gasteiger partial charge in [-0.1, -0.05) is 83.3 Å². The van der Waals surface area contributed by atoms with Crippen molar-refractivity contribution in [3.05, 3.63) is 12.2 Å². The average Bonchev–Trinajstić information content (AvgIpc) is 3.14. The standard InChI is InChI=1S/C22H44S/c1-4-5-6-7-8-9-10-11-12-13-14-15-16-17-18-19-20-22-21-23(22,2)3/h11-12,22H,4-10,13-21H2,1-3H3/b12-11-. The molecular weight excluding hydrogens is 296 g/mol. The zero-order valence-corrected chi connectivity index (χ0v) is 17.3. The van der Waals surface area contributed by atoms with Crippen molar-refractivity contribution < 1.29 is 0 Å². The van der Waals surface area contributed by atoms with Crippen LogP contribution in [0.15, 0.2) is 12.2 Å². The third kappa shape index (κ3) is 12.1. The molecule has 0 aromatic rings. The van der Waals surface area contributed by atoms with Crippen LogP contribution in [0.4, 0.5) is 0 Å². The van der Waals surface area contributed by atoms with Crippen molar-refractivity contribution in [2.75, 3.05) is 18.3 Å². The van der Waals surface area contributed by atoms with Crippen molar-refractivity contribution >= 4 is 10.0 Å². The molecule has 0 aliphatic carbocycles. The van der Waals surface area contributed by atoms with Gasteiger partial charge in [0.2, 0.25) is 0 Å². The second-order valence-electron chi connectivity index (χ2n) is 8.14. The topological polar surface area (TPSA) is 0 Å². The van der Waals surface area contributed by atoms with Crippen molar-refractivity contribution in [3.63, 3.8) is 0 Å². The number of rotatable bonds is 16. The van der Waals surface area contributed by atoms with Crippen LogP contribution in [-0.2, 0) is 0 Å². The lowest BCUT2D eigenvalue weighted by molar-refractivity contribution is 0.585. The summed E-state index contributed by atoms with van der Waals surface area (Å²) in [6, 6.07) is 0. The predicted molar refractivity (Wildman–Crippen MR) is 112 cm³/mol. The maximum atomic E-state index is 2.51. The highest BCUT2D eigenvalue weighted by Gasteiger charge is 2.39. The predicted octanol–water partition coefficient (Wildman–Crippen LogP) is 7.86. The quantitative estimate of drug-likeness (QED) is 0.152. The fraction of sp³-hybridized carbons (Fsp3) is 0.909. The third-order valence-corrected chi connectivity index (χ3v) is 8.48. The van der Waals surface area contributed by atoms with Crippen LogP contribution in [-0.4, -0.2) is 23.5 Å². The molecule has 1 atom stereocenters. The van der Waals surface area contributed by atoms with E-state index in [-0.39, 0.29) is 10.0 Å². The van der Waals surface area contributed by atoms with E-state index in [0.29, 0.717) is 0 Å². The Hall–Kier alpha value is 0.0900. The van der Waals surface area contributed by atoms with Gasteiger partial charge in [0.05, 0.1) is 0 Å². The molecule has 1 aliphatic heterocycles. The summed E-state index contributed by atoms with van der Waals surface area (Å²) in [4.78, 5) is 0. The van der Waals surface area contributed by atoms with E-state index in [4.69, 9.17) is 0 Å².